The van der Waals surface area contributed by atoms with Crippen LogP contribution in [0.25, 0.3) is 0 Å². The highest BCUT2D eigenvalue weighted by Gasteiger charge is 2.06. The molecule has 0 aromatic carbocycles. The standard InChI is InChI=1S/C11H19NOS/c1-8(13)6-7-12-10(3)11-5-4-9(2)14-11/h4-5,8,10,12-13H,6-7H2,1-3H3/t8-,10+/m1/s1. The van der Waals surface area contributed by atoms with Crippen LogP contribution >= 0.6 is 11.3 Å². The maximum atomic E-state index is 9.10. The predicted molar refractivity (Wildman–Crippen MR) is 61.8 cm³/mol. The second-order valence-electron chi connectivity index (χ2n) is 3.76. The van der Waals surface area contributed by atoms with Crippen molar-refractivity contribution in [3.63, 3.8) is 0 Å². The molecular weight excluding hydrogens is 194 g/mol. The Balaban J connectivity index is 2.32. The molecule has 1 aromatic rings. The molecule has 0 unspecified atom stereocenters. The first kappa shape index (κ1) is 11.7. The topological polar surface area (TPSA) is 32.3 Å². The third kappa shape index (κ3) is 3.78. The largest absolute Gasteiger partial charge is 0.393 e. The molecule has 0 saturated carbocycles. The first-order chi connectivity index (χ1) is 6.59. The van der Waals surface area contributed by atoms with E-state index < -0.39 is 0 Å². The summed E-state index contributed by atoms with van der Waals surface area (Å²) in [6, 6.07) is 4.71. The lowest BCUT2D eigenvalue weighted by Gasteiger charge is -2.12. The lowest BCUT2D eigenvalue weighted by atomic mass is 10.2. The van der Waals surface area contributed by atoms with E-state index in [1.54, 1.807) is 0 Å². The van der Waals surface area contributed by atoms with Gasteiger partial charge in [-0.1, -0.05) is 0 Å². The van der Waals surface area contributed by atoms with Crippen LogP contribution < -0.4 is 5.32 Å². The lowest BCUT2D eigenvalue weighted by Crippen LogP contribution is -2.21. The molecule has 1 rings (SSSR count). The summed E-state index contributed by atoms with van der Waals surface area (Å²) in [5.74, 6) is 0. The molecule has 0 fully saturated rings. The van der Waals surface area contributed by atoms with Gasteiger partial charge in [0.25, 0.3) is 0 Å². The number of hydrogen-bond donors (Lipinski definition) is 2. The van der Waals surface area contributed by atoms with Gasteiger partial charge in [-0.15, -0.1) is 11.3 Å². The van der Waals surface area contributed by atoms with Gasteiger partial charge in [-0.25, -0.2) is 0 Å². The summed E-state index contributed by atoms with van der Waals surface area (Å²) >= 11 is 1.83. The molecule has 0 aliphatic rings. The smallest absolute Gasteiger partial charge is 0.0524 e. The summed E-state index contributed by atoms with van der Waals surface area (Å²) in [5, 5.41) is 12.5. The minimum Gasteiger partial charge on any atom is -0.393 e. The van der Waals surface area contributed by atoms with Gasteiger partial charge in [-0.3, -0.25) is 0 Å². The molecular formula is C11H19NOS. The van der Waals surface area contributed by atoms with E-state index in [2.05, 4.69) is 31.3 Å². The number of aliphatic hydroxyl groups is 1. The first-order valence-corrected chi connectivity index (χ1v) is 5.89. The van der Waals surface area contributed by atoms with Crippen LogP contribution in [0.5, 0.6) is 0 Å². The summed E-state index contributed by atoms with van der Waals surface area (Å²) in [6.45, 7) is 6.97. The summed E-state index contributed by atoms with van der Waals surface area (Å²) in [7, 11) is 0. The predicted octanol–water partition coefficient (Wildman–Crippen LogP) is 2.48. The number of rotatable bonds is 5. The second-order valence-corrected chi connectivity index (χ2v) is 5.08. The minimum atomic E-state index is -0.209. The van der Waals surface area contributed by atoms with Crippen LogP contribution in [-0.2, 0) is 0 Å². The van der Waals surface area contributed by atoms with Crippen molar-refractivity contribution in [2.24, 2.45) is 0 Å². The highest BCUT2D eigenvalue weighted by Crippen LogP contribution is 2.21. The third-order valence-electron chi connectivity index (χ3n) is 2.20. The van der Waals surface area contributed by atoms with E-state index >= 15 is 0 Å². The number of nitrogens with one attached hydrogen (secondary N) is 1. The maximum Gasteiger partial charge on any atom is 0.0524 e. The zero-order chi connectivity index (χ0) is 10.6. The SMILES string of the molecule is Cc1ccc([C@H](C)NCC[C@@H](C)O)s1. The van der Waals surface area contributed by atoms with Gasteiger partial charge in [0.15, 0.2) is 0 Å². The number of hydrogen-bond acceptors (Lipinski definition) is 3. The van der Waals surface area contributed by atoms with Crippen molar-refractivity contribution in [3.8, 4) is 0 Å². The third-order valence-corrected chi connectivity index (χ3v) is 3.38. The van der Waals surface area contributed by atoms with Crippen LogP contribution in [0.1, 0.15) is 36.1 Å². The Labute approximate surface area is 90.0 Å². The van der Waals surface area contributed by atoms with Crippen LogP contribution in [0, 0.1) is 6.92 Å². The second kappa shape index (κ2) is 5.49. The fourth-order valence-electron chi connectivity index (χ4n) is 1.30. The molecule has 1 heterocycles. The van der Waals surface area contributed by atoms with Crippen LogP contribution in [0.15, 0.2) is 12.1 Å². The van der Waals surface area contributed by atoms with Crippen molar-refractivity contribution in [1.82, 2.24) is 5.32 Å². The fourth-order valence-corrected chi connectivity index (χ4v) is 2.20. The van der Waals surface area contributed by atoms with Gasteiger partial charge in [0.2, 0.25) is 0 Å². The molecule has 3 heteroatoms. The highest BCUT2D eigenvalue weighted by molar-refractivity contribution is 7.12. The molecule has 2 N–H and O–H groups in total. The van der Waals surface area contributed by atoms with Gasteiger partial charge >= 0.3 is 0 Å². The Bertz CT molecular complexity index is 270. The molecule has 0 spiro atoms. The van der Waals surface area contributed by atoms with Gasteiger partial charge in [-0.05, 0) is 45.9 Å². The summed E-state index contributed by atoms with van der Waals surface area (Å²) < 4.78 is 0. The van der Waals surface area contributed by atoms with Crippen LogP contribution in [0.4, 0.5) is 0 Å². The van der Waals surface area contributed by atoms with E-state index in [-0.39, 0.29) is 6.10 Å². The molecule has 0 bridgehead atoms. The zero-order valence-corrected chi connectivity index (χ0v) is 9.90. The Kier molecular flexibility index (Phi) is 4.58. The number of aliphatic hydroxyl groups excluding tert-OH is 1. The number of aryl methyl sites for hydroxylation is 1. The minimum absolute atomic E-state index is 0.209. The quantitative estimate of drug-likeness (QED) is 0.787. The van der Waals surface area contributed by atoms with Crippen LogP contribution in [-0.4, -0.2) is 17.8 Å². The molecule has 0 radical (unpaired) electrons. The van der Waals surface area contributed by atoms with Gasteiger partial charge in [0, 0.05) is 15.8 Å². The molecule has 2 atom stereocenters. The van der Waals surface area contributed by atoms with Crippen molar-refractivity contribution in [3.05, 3.63) is 21.9 Å². The molecule has 0 amide bonds. The Hall–Kier alpha value is -0.380. The molecule has 1 aromatic heterocycles. The first-order valence-electron chi connectivity index (χ1n) is 5.07. The van der Waals surface area contributed by atoms with Crippen molar-refractivity contribution in [2.75, 3.05) is 6.54 Å². The monoisotopic (exact) mass is 213 g/mol. The van der Waals surface area contributed by atoms with Gasteiger partial charge in [-0.2, -0.15) is 0 Å². The van der Waals surface area contributed by atoms with Crippen molar-refractivity contribution >= 4 is 11.3 Å². The lowest BCUT2D eigenvalue weighted by molar-refractivity contribution is 0.182. The Morgan fingerprint density at radius 1 is 1.43 bits per heavy atom. The Morgan fingerprint density at radius 2 is 2.14 bits per heavy atom. The summed E-state index contributed by atoms with van der Waals surface area (Å²) in [5.41, 5.74) is 0. The fraction of sp³-hybridized carbons (Fsp3) is 0.636. The van der Waals surface area contributed by atoms with E-state index in [1.807, 2.05) is 18.3 Å². The average molecular weight is 213 g/mol. The van der Waals surface area contributed by atoms with Crippen molar-refractivity contribution < 1.29 is 5.11 Å². The molecule has 0 aliphatic carbocycles. The molecule has 80 valence electrons. The van der Waals surface area contributed by atoms with Gasteiger partial charge in [0.05, 0.1) is 6.10 Å². The summed E-state index contributed by atoms with van der Waals surface area (Å²) in [6.07, 6.45) is 0.606. The molecule has 14 heavy (non-hydrogen) atoms. The molecule has 0 saturated heterocycles. The van der Waals surface area contributed by atoms with Gasteiger partial charge < -0.3 is 10.4 Å². The van der Waals surface area contributed by atoms with E-state index in [0.717, 1.165) is 13.0 Å². The van der Waals surface area contributed by atoms with Crippen LogP contribution in [0.2, 0.25) is 0 Å². The molecule has 0 aliphatic heterocycles. The average Bonchev–Trinajstić information content (AvgIpc) is 2.51. The van der Waals surface area contributed by atoms with E-state index in [9.17, 15) is 0 Å². The van der Waals surface area contributed by atoms with E-state index in [1.165, 1.54) is 9.75 Å². The zero-order valence-electron chi connectivity index (χ0n) is 9.08. The van der Waals surface area contributed by atoms with E-state index in [4.69, 9.17) is 5.11 Å². The summed E-state index contributed by atoms with van der Waals surface area (Å²) in [4.78, 5) is 2.72. The highest BCUT2D eigenvalue weighted by atomic mass is 32.1. The Morgan fingerprint density at radius 3 is 2.64 bits per heavy atom. The van der Waals surface area contributed by atoms with Gasteiger partial charge in [0.1, 0.15) is 0 Å². The number of thiophene rings is 1. The van der Waals surface area contributed by atoms with Crippen molar-refractivity contribution in [1.29, 1.82) is 0 Å². The molecule has 2 nitrogen and oxygen atoms in total. The van der Waals surface area contributed by atoms with Crippen LogP contribution in [0.3, 0.4) is 0 Å². The van der Waals surface area contributed by atoms with Crippen molar-refractivity contribution in [2.45, 2.75) is 39.3 Å². The normalized spacial score (nSPS) is 15.4. The maximum absolute atomic E-state index is 9.10. The van der Waals surface area contributed by atoms with E-state index in [0.29, 0.717) is 6.04 Å².